The van der Waals surface area contributed by atoms with E-state index in [1.165, 1.54) is 11.1 Å². The third-order valence-corrected chi connectivity index (χ3v) is 4.16. The minimum atomic E-state index is 0.188. The van der Waals surface area contributed by atoms with Gasteiger partial charge in [-0.1, -0.05) is 18.2 Å². The average molecular weight is 286 g/mol. The van der Waals surface area contributed by atoms with E-state index in [0.29, 0.717) is 12.5 Å². The molecule has 2 aromatic rings. The quantitative estimate of drug-likeness (QED) is 0.646. The number of hydrazine groups is 1. The minimum absolute atomic E-state index is 0.188. The summed E-state index contributed by atoms with van der Waals surface area (Å²) in [5, 5.41) is 4.32. The van der Waals surface area contributed by atoms with E-state index in [1.807, 2.05) is 23.0 Å². The van der Waals surface area contributed by atoms with Crippen molar-refractivity contribution in [1.29, 1.82) is 0 Å². The van der Waals surface area contributed by atoms with Crippen LogP contribution in [0.1, 0.15) is 18.1 Å². The smallest absolute Gasteiger partial charge is 0.122 e. The Kier molecular flexibility index (Phi) is 4.22. The molecule has 0 aliphatic carbocycles. The average Bonchev–Trinajstić information content (AvgIpc) is 3.00. The van der Waals surface area contributed by atoms with Gasteiger partial charge in [0, 0.05) is 24.7 Å². The summed E-state index contributed by atoms with van der Waals surface area (Å²) in [6.45, 7) is 3.68. The van der Waals surface area contributed by atoms with Crippen molar-refractivity contribution >= 4 is 0 Å². The van der Waals surface area contributed by atoms with Crippen LogP contribution in [0.3, 0.4) is 0 Å². The van der Waals surface area contributed by atoms with Crippen LogP contribution in [-0.2, 0) is 19.4 Å². The molecule has 2 unspecified atom stereocenters. The van der Waals surface area contributed by atoms with Gasteiger partial charge in [-0.25, -0.2) is 0 Å². The lowest BCUT2D eigenvalue weighted by molar-refractivity contribution is 0.183. The second-order valence-electron chi connectivity index (χ2n) is 5.56. The number of fused-ring (bicyclic) bond motifs is 1. The molecule has 3 rings (SSSR count). The number of aryl methyl sites for hydroxylation is 1. The largest absolute Gasteiger partial charge is 0.493 e. The molecule has 5 nitrogen and oxygen atoms in total. The topological polar surface area (TPSA) is 65.1 Å². The molecule has 0 spiro atoms. The van der Waals surface area contributed by atoms with E-state index in [1.54, 1.807) is 0 Å². The van der Waals surface area contributed by atoms with Crippen molar-refractivity contribution in [3.63, 3.8) is 0 Å². The first-order chi connectivity index (χ1) is 10.3. The van der Waals surface area contributed by atoms with Crippen LogP contribution in [0.25, 0.3) is 0 Å². The van der Waals surface area contributed by atoms with Gasteiger partial charge in [0.25, 0.3) is 0 Å². The highest BCUT2D eigenvalue weighted by Crippen LogP contribution is 2.29. The van der Waals surface area contributed by atoms with Crippen molar-refractivity contribution < 1.29 is 4.74 Å². The van der Waals surface area contributed by atoms with Gasteiger partial charge in [0.2, 0.25) is 0 Å². The van der Waals surface area contributed by atoms with Crippen molar-refractivity contribution in [3.8, 4) is 5.75 Å². The maximum Gasteiger partial charge on any atom is 0.122 e. The van der Waals surface area contributed by atoms with Crippen molar-refractivity contribution in [2.45, 2.75) is 32.4 Å². The van der Waals surface area contributed by atoms with Crippen molar-refractivity contribution in [2.24, 2.45) is 11.8 Å². The Morgan fingerprint density at radius 2 is 2.33 bits per heavy atom. The minimum Gasteiger partial charge on any atom is -0.493 e. The van der Waals surface area contributed by atoms with Crippen LogP contribution in [0.4, 0.5) is 0 Å². The van der Waals surface area contributed by atoms with Gasteiger partial charge in [-0.15, -0.1) is 0 Å². The second kappa shape index (κ2) is 6.28. The third-order valence-electron chi connectivity index (χ3n) is 4.16. The van der Waals surface area contributed by atoms with Crippen LogP contribution in [0.5, 0.6) is 5.75 Å². The van der Waals surface area contributed by atoms with Crippen molar-refractivity contribution in [1.82, 2.24) is 15.2 Å². The van der Waals surface area contributed by atoms with E-state index in [4.69, 9.17) is 10.6 Å². The molecular weight excluding hydrogens is 264 g/mol. The fraction of sp³-hybridized carbons (Fsp3) is 0.438. The predicted octanol–water partition coefficient (Wildman–Crippen LogP) is 1.53. The van der Waals surface area contributed by atoms with Crippen molar-refractivity contribution in [3.05, 3.63) is 47.8 Å². The molecular formula is C16H22N4O. The Morgan fingerprint density at radius 3 is 3.10 bits per heavy atom. The first-order valence-electron chi connectivity index (χ1n) is 7.48. The van der Waals surface area contributed by atoms with Gasteiger partial charge in [0.15, 0.2) is 0 Å². The number of benzene rings is 1. The number of nitrogens with zero attached hydrogens (tertiary/aromatic N) is 2. The molecule has 0 bridgehead atoms. The van der Waals surface area contributed by atoms with Crippen LogP contribution in [0.2, 0.25) is 0 Å². The Labute approximate surface area is 125 Å². The molecule has 112 valence electrons. The highest BCUT2D eigenvalue weighted by Gasteiger charge is 2.27. The normalized spacial score (nSPS) is 18.9. The van der Waals surface area contributed by atoms with Gasteiger partial charge >= 0.3 is 0 Å². The van der Waals surface area contributed by atoms with Crippen molar-refractivity contribution in [2.75, 3.05) is 6.61 Å². The van der Waals surface area contributed by atoms with Gasteiger partial charge in [-0.05, 0) is 37.0 Å². The Morgan fingerprint density at radius 1 is 1.48 bits per heavy atom. The molecule has 1 aromatic carbocycles. The molecule has 2 heterocycles. The van der Waals surface area contributed by atoms with Gasteiger partial charge in [-0.2, -0.15) is 5.10 Å². The molecule has 0 amide bonds. The molecule has 0 saturated heterocycles. The second-order valence-corrected chi connectivity index (χ2v) is 5.56. The van der Waals surface area contributed by atoms with Gasteiger partial charge in [-0.3, -0.25) is 16.0 Å². The number of ether oxygens (including phenoxy) is 1. The zero-order valence-corrected chi connectivity index (χ0v) is 12.3. The molecule has 5 heteroatoms. The molecule has 0 fully saturated rings. The summed E-state index contributed by atoms with van der Waals surface area (Å²) in [5.41, 5.74) is 5.43. The number of hydrogen-bond donors (Lipinski definition) is 2. The zero-order chi connectivity index (χ0) is 14.7. The van der Waals surface area contributed by atoms with E-state index in [0.717, 1.165) is 25.1 Å². The molecule has 0 radical (unpaired) electrons. The molecule has 0 saturated carbocycles. The van der Waals surface area contributed by atoms with E-state index in [-0.39, 0.29) is 6.04 Å². The summed E-state index contributed by atoms with van der Waals surface area (Å²) in [5.74, 6) is 7.15. The van der Waals surface area contributed by atoms with Crippen LogP contribution >= 0.6 is 0 Å². The predicted molar refractivity (Wildman–Crippen MR) is 81.8 cm³/mol. The highest BCUT2D eigenvalue weighted by molar-refractivity contribution is 5.35. The lowest BCUT2D eigenvalue weighted by Gasteiger charge is -2.31. The SMILES string of the molecule is CCn1cc(CC(NN)C2COc3ccccc3C2)cn1. The van der Waals surface area contributed by atoms with Gasteiger partial charge in [0.05, 0.1) is 12.8 Å². The Bertz CT molecular complexity index is 595. The number of hydrogen-bond acceptors (Lipinski definition) is 4. The zero-order valence-electron chi connectivity index (χ0n) is 12.3. The monoisotopic (exact) mass is 286 g/mol. The highest BCUT2D eigenvalue weighted by atomic mass is 16.5. The van der Waals surface area contributed by atoms with E-state index in [9.17, 15) is 0 Å². The molecule has 3 N–H and O–H groups in total. The maximum absolute atomic E-state index is 5.87. The summed E-state index contributed by atoms with van der Waals surface area (Å²) in [4.78, 5) is 0. The van der Waals surface area contributed by atoms with Gasteiger partial charge in [0.1, 0.15) is 5.75 Å². The number of rotatable bonds is 5. The standard InChI is InChI=1S/C16H22N4O/c1-2-20-10-12(9-18-20)7-15(19-17)14-8-13-5-3-4-6-16(13)21-11-14/h3-6,9-10,14-15,19H,2,7-8,11,17H2,1H3. The van der Waals surface area contributed by atoms with E-state index < -0.39 is 0 Å². The fourth-order valence-electron chi connectivity index (χ4n) is 2.91. The van der Waals surface area contributed by atoms with Gasteiger partial charge < -0.3 is 4.74 Å². The molecule has 2 atom stereocenters. The summed E-state index contributed by atoms with van der Waals surface area (Å²) in [6.07, 6.45) is 5.87. The van der Waals surface area contributed by atoms with Crippen LogP contribution < -0.4 is 16.0 Å². The third kappa shape index (κ3) is 3.09. The Balaban J connectivity index is 1.69. The first-order valence-corrected chi connectivity index (χ1v) is 7.48. The van der Waals surface area contributed by atoms with Crippen LogP contribution in [-0.4, -0.2) is 22.4 Å². The molecule has 1 aliphatic rings. The van der Waals surface area contributed by atoms with E-state index in [2.05, 4.69) is 35.8 Å². The lowest BCUT2D eigenvalue weighted by Crippen LogP contribution is -2.46. The number of nitrogens with two attached hydrogens (primary N) is 1. The molecule has 21 heavy (non-hydrogen) atoms. The summed E-state index contributed by atoms with van der Waals surface area (Å²) in [6, 6.07) is 8.41. The summed E-state index contributed by atoms with van der Waals surface area (Å²) >= 11 is 0. The van der Waals surface area contributed by atoms with Crippen LogP contribution in [0.15, 0.2) is 36.7 Å². The maximum atomic E-state index is 5.87. The first kappa shape index (κ1) is 14.1. The summed E-state index contributed by atoms with van der Waals surface area (Å²) < 4.78 is 7.81. The van der Waals surface area contributed by atoms with E-state index >= 15 is 0 Å². The summed E-state index contributed by atoms with van der Waals surface area (Å²) in [7, 11) is 0. The molecule has 1 aromatic heterocycles. The lowest BCUT2D eigenvalue weighted by atomic mass is 9.88. The van der Waals surface area contributed by atoms with Crippen LogP contribution in [0, 0.1) is 5.92 Å². The number of aromatic nitrogens is 2. The fourth-order valence-corrected chi connectivity index (χ4v) is 2.91. The Hall–Kier alpha value is -1.85. The number of nitrogens with one attached hydrogen (secondary N) is 1. The molecule has 1 aliphatic heterocycles. The number of para-hydroxylation sites is 1.